The number of benzene rings is 1. The van der Waals surface area contributed by atoms with Gasteiger partial charge in [-0.3, -0.25) is 4.79 Å². The predicted molar refractivity (Wildman–Crippen MR) is 85.5 cm³/mol. The van der Waals surface area contributed by atoms with Crippen molar-refractivity contribution in [2.75, 3.05) is 19.0 Å². The van der Waals surface area contributed by atoms with Crippen LogP contribution in [0.2, 0.25) is 0 Å². The molecular weight excluding hydrogens is 299 g/mol. The molecule has 0 fully saturated rings. The number of rotatable bonds is 6. The first-order valence-electron chi connectivity index (χ1n) is 7.23. The first-order valence-corrected chi connectivity index (χ1v) is 7.23. The highest BCUT2D eigenvalue weighted by molar-refractivity contribution is 6.04. The fraction of sp³-hybridized carbons (Fsp3) is 0.294. The number of ether oxygens (including phenoxy) is 2. The summed E-state index contributed by atoms with van der Waals surface area (Å²) >= 11 is 0. The third-order valence-corrected chi connectivity index (χ3v) is 2.97. The van der Waals surface area contributed by atoms with E-state index in [1.165, 1.54) is 25.4 Å². The molecule has 5 nitrogen and oxygen atoms in total. The Balaban J connectivity index is 2.01. The average Bonchev–Trinajstić information content (AvgIpc) is 2.54. The van der Waals surface area contributed by atoms with Gasteiger partial charge < -0.3 is 14.8 Å². The number of halogens is 1. The van der Waals surface area contributed by atoms with E-state index >= 15 is 0 Å². The molecule has 0 aliphatic carbocycles. The van der Waals surface area contributed by atoms with E-state index in [0.29, 0.717) is 24.1 Å². The molecule has 23 heavy (non-hydrogen) atoms. The lowest BCUT2D eigenvalue weighted by Gasteiger charge is -2.09. The fourth-order valence-corrected chi connectivity index (χ4v) is 1.80. The molecule has 0 aliphatic rings. The maximum Gasteiger partial charge on any atom is 0.255 e. The van der Waals surface area contributed by atoms with E-state index in [-0.39, 0.29) is 11.3 Å². The van der Waals surface area contributed by atoms with Crippen LogP contribution in [-0.4, -0.2) is 24.6 Å². The molecule has 0 saturated heterocycles. The van der Waals surface area contributed by atoms with Gasteiger partial charge in [0.05, 0.1) is 25.6 Å². The number of nitrogens with one attached hydrogen (secondary N) is 1. The van der Waals surface area contributed by atoms with E-state index in [4.69, 9.17) is 9.47 Å². The third kappa shape index (κ3) is 4.67. The first-order chi connectivity index (χ1) is 11.0. The molecular formula is C17H19FN2O3. The molecule has 0 unspecified atom stereocenters. The quantitative estimate of drug-likeness (QED) is 0.885. The maximum atomic E-state index is 13.6. The Hall–Kier alpha value is -2.63. The largest absolute Gasteiger partial charge is 0.494 e. The molecule has 0 bridgehead atoms. The lowest BCUT2D eigenvalue weighted by atomic mass is 10.2. The van der Waals surface area contributed by atoms with E-state index in [0.717, 1.165) is 6.07 Å². The second-order valence-corrected chi connectivity index (χ2v) is 5.39. The number of nitrogens with zero attached hydrogens (tertiary/aromatic N) is 1. The number of carbonyl (C=O) groups excluding carboxylic acids is 1. The SMILES string of the molecule is COc1ccc(C(=O)Nc2ccc(OCC(C)C)nc2)cc1F. The van der Waals surface area contributed by atoms with E-state index < -0.39 is 11.7 Å². The Morgan fingerprint density at radius 2 is 2.09 bits per heavy atom. The zero-order chi connectivity index (χ0) is 16.8. The Morgan fingerprint density at radius 1 is 1.30 bits per heavy atom. The third-order valence-electron chi connectivity index (χ3n) is 2.97. The van der Waals surface area contributed by atoms with Gasteiger partial charge in [-0.15, -0.1) is 0 Å². The Labute approximate surface area is 134 Å². The fourth-order valence-electron chi connectivity index (χ4n) is 1.80. The van der Waals surface area contributed by atoms with Gasteiger partial charge in [0.2, 0.25) is 5.88 Å². The summed E-state index contributed by atoms with van der Waals surface area (Å²) in [7, 11) is 1.37. The van der Waals surface area contributed by atoms with Gasteiger partial charge in [0, 0.05) is 11.6 Å². The molecule has 2 aromatic rings. The molecule has 1 aromatic heterocycles. The minimum absolute atomic E-state index is 0.0925. The zero-order valence-corrected chi connectivity index (χ0v) is 13.3. The first kappa shape index (κ1) is 16.7. The van der Waals surface area contributed by atoms with E-state index in [9.17, 15) is 9.18 Å². The van der Waals surface area contributed by atoms with Crippen LogP contribution >= 0.6 is 0 Å². The number of hydrogen-bond acceptors (Lipinski definition) is 4. The van der Waals surface area contributed by atoms with Crippen molar-refractivity contribution in [1.29, 1.82) is 0 Å². The molecule has 0 saturated carbocycles. The molecule has 1 aromatic carbocycles. The lowest BCUT2D eigenvalue weighted by Crippen LogP contribution is -2.12. The van der Waals surface area contributed by atoms with Crippen LogP contribution < -0.4 is 14.8 Å². The number of anilines is 1. The zero-order valence-electron chi connectivity index (χ0n) is 13.3. The van der Waals surface area contributed by atoms with Crippen molar-refractivity contribution in [1.82, 2.24) is 4.98 Å². The van der Waals surface area contributed by atoms with Gasteiger partial charge in [-0.25, -0.2) is 9.37 Å². The van der Waals surface area contributed by atoms with Crippen molar-refractivity contribution in [3.63, 3.8) is 0 Å². The molecule has 122 valence electrons. The Morgan fingerprint density at radius 3 is 2.65 bits per heavy atom. The lowest BCUT2D eigenvalue weighted by molar-refractivity contribution is 0.102. The van der Waals surface area contributed by atoms with Crippen LogP contribution in [0.4, 0.5) is 10.1 Å². The topological polar surface area (TPSA) is 60.5 Å². The summed E-state index contributed by atoms with van der Waals surface area (Å²) in [4.78, 5) is 16.2. The van der Waals surface area contributed by atoms with E-state index in [1.807, 2.05) is 13.8 Å². The monoisotopic (exact) mass is 318 g/mol. The highest BCUT2D eigenvalue weighted by atomic mass is 19.1. The number of pyridine rings is 1. The van der Waals surface area contributed by atoms with Crippen LogP contribution in [0.5, 0.6) is 11.6 Å². The minimum Gasteiger partial charge on any atom is -0.494 e. The van der Waals surface area contributed by atoms with Gasteiger partial charge >= 0.3 is 0 Å². The van der Waals surface area contributed by atoms with Gasteiger partial charge in [0.15, 0.2) is 11.6 Å². The van der Waals surface area contributed by atoms with Gasteiger partial charge in [-0.05, 0) is 30.2 Å². The molecule has 1 heterocycles. The van der Waals surface area contributed by atoms with Gasteiger partial charge in [-0.2, -0.15) is 0 Å². The van der Waals surface area contributed by atoms with Crippen LogP contribution in [0.25, 0.3) is 0 Å². The highest BCUT2D eigenvalue weighted by Gasteiger charge is 2.10. The van der Waals surface area contributed by atoms with Crippen molar-refractivity contribution in [2.45, 2.75) is 13.8 Å². The van der Waals surface area contributed by atoms with E-state index in [1.54, 1.807) is 12.1 Å². The minimum atomic E-state index is -0.587. The number of hydrogen-bond donors (Lipinski definition) is 1. The maximum absolute atomic E-state index is 13.6. The molecule has 1 N–H and O–H groups in total. The smallest absolute Gasteiger partial charge is 0.255 e. The van der Waals surface area contributed by atoms with Crippen LogP contribution in [-0.2, 0) is 0 Å². The number of aromatic nitrogens is 1. The van der Waals surface area contributed by atoms with Crippen molar-refractivity contribution >= 4 is 11.6 Å². The van der Waals surface area contributed by atoms with Gasteiger partial charge in [0.25, 0.3) is 5.91 Å². The second-order valence-electron chi connectivity index (χ2n) is 5.39. The normalized spacial score (nSPS) is 10.5. The second kappa shape index (κ2) is 7.58. The summed E-state index contributed by atoms with van der Waals surface area (Å²) in [6.45, 7) is 4.66. The van der Waals surface area contributed by atoms with Crippen LogP contribution in [0.15, 0.2) is 36.5 Å². The van der Waals surface area contributed by atoms with Crippen LogP contribution in [0.3, 0.4) is 0 Å². The molecule has 0 atom stereocenters. The number of methoxy groups -OCH3 is 1. The van der Waals surface area contributed by atoms with Gasteiger partial charge in [-0.1, -0.05) is 13.8 Å². The van der Waals surface area contributed by atoms with E-state index in [2.05, 4.69) is 10.3 Å². The number of amides is 1. The standard InChI is InChI=1S/C17H19FN2O3/c1-11(2)10-23-16-7-5-13(9-19-16)20-17(21)12-4-6-15(22-3)14(18)8-12/h4-9,11H,10H2,1-3H3,(H,20,21). The Bertz CT molecular complexity index is 672. The van der Waals surface area contributed by atoms with Crippen molar-refractivity contribution in [3.05, 3.63) is 47.9 Å². The molecule has 0 aliphatic heterocycles. The highest BCUT2D eigenvalue weighted by Crippen LogP contribution is 2.19. The number of carbonyl (C=O) groups is 1. The summed E-state index contributed by atoms with van der Waals surface area (Å²) in [6, 6.07) is 7.38. The van der Waals surface area contributed by atoms with Crippen molar-refractivity contribution in [3.8, 4) is 11.6 Å². The van der Waals surface area contributed by atoms with Crippen molar-refractivity contribution < 1.29 is 18.7 Å². The van der Waals surface area contributed by atoms with Crippen LogP contribution in [0.1, 0.15) is 24.2 Å². The van der Waals surface area contributed by atoms with Crippen LogP contribution in [0, 0.1) is 11.7 Å². The molecule has 6 heteroatoms. The molecule has 1 amide bonds. The summed E-state index contributed by atoms with van der Waals surface area (Å²) in [5.74, 6) is -0.0249. The Kier molecular flexibility index (Phi) is 5.51. The summed E-state index contributed by atoms with van der Waals surface area (Å²) in [5, 5.41) is 2.65. The summed E-state index contributed by atoms with van der Waals surface area (Å²) < 4.78 is 23.9. The van der Waals surface area contributed by atoms with Crippen molar-refractivity contribution in [2.24, 2.45) is 5.92 Å². The average molecular weight is 318 g/mol. The molecule has 2 rings (SSSR count). The van der Waals surface area contributed by atoms with Gasteiger partial charge in [0.1, 0.15) is 0 Å². The molecule has 0 radical (unpaired) electrons. The summed E-state index contributed by atoms with van der Waals surface area (Å²) in [5.41, 5.74) is 0.701. The molecule has 0 spiro atoms. The predicted octanol–water partition coefficient (Wildman–Crippen LogP) is 3.52. The summed E-state index contributed by atoms with van der Waals surface area (Å²) in [6.07, 6.45) is 1.49.